The minimum absolute atomic E-state index is 0.950. The summed E-state index contributed by atoms with van der Waals surface area (Å²) >= 11 is 0. The van der Waals surface area contributed by atoms with Crippen LogP contribution in [0.1, 0.15) is 5.69 Å². The van der Waals surface area contributed by atoms with Crippen molar-refractivity contribution >= 4 is 25.3 Å². The Kier molecular flexibility index (Phi) is 2.52. The highest BCUT2D eigenvalue weighted by Crippen LogP contribution is 2.17. The second-order valence-electron chi connectivity index (χ2n) is 5.90. The van der Waals surface area contributed by atoms with Gasteiger partial charge in [0.25, 0.3) is 0 Å². The fourth-order valence-electron chi connectivity index (χ4n) is 2.54. The monoisotopic (exact) mass is 255 g/mol. The lowest BCUT2D eigenvalue weighted by Gasteiger charge is -2.17. The molecule has 0 unspecified atom stereocenters. The van der Waals surface area contributed by atoms with Crippen LogP contribution in [0.2, 0.25) is 19.6 Å². The lowest BCUT2D eigenvalue weighted by atomic mass is 10.3. The molecule has 0 atom stereocenters. The Labute approximate surface area is 109 Å². The Morgan fingerprint density at radius 1 is 1.00 bits per heavy atom. The van der Waals surface area contributed by atoms with E-state index in [1.54, 1.807) is 0 Å². The zero-order valence-corrected chi connectivity index (χ0v) is 12.2. The standard InChI is InChI=1S/C15H19N2Si/c1-18(2,3)15-10-9-14-11-16(12-17(14)15)13-7-5-4-6-8-13/h4-11H,12H2,1-3H3/q+1. The number of hydrogen-bond donors (Lipinski definition) is 0. The zero-order chi connectivity index (χ0) is 12.8. The average molecular weight is 255 g/mol. The van der Waals surface area contributed by atoms with Gasteiger partial charge in [0, 0.05) is 17.4 Å². The molecule has 1 aliphatic heterocycles. The van der Waals surface area contributed by atoms with Gasteiger partial charge in [0.05, 0.1) is 8.07 Å². The molecule has 18 heavy (non-hydrogen) atoms. The van der Waals surface area contributed by atoms with Crippen LogP contribution in [0.5, 0.6) is 0 Å². The first-order valence-electron chi connectivity index (χ1n) is 6.42. The molecule has 1 aliphatic rings. The highest BCUT2D eigenvalue weighted by molar-refractivity contribution is 6.88. The first kappa shape index (κ1) is 11.5. The van der Waals surface area contributed by atoms with Crippen LogP contribution in [0.4, 0.5) is 5.69 Å². The first-order chi connectivity index (χ1) is 8.55. The fourth-order valence-corrected chi connectivity index (χ4v) is 4.13. The normalized spacial score (nSPS) is 14.5. The molecule has 0 fully saturated rings. The van der Waals surface area contributed by atoms with Crippen LogP contribution in [0.3, 0.4) is 0 Å². The highest BCUT2D eigenvalue weighted by Gasteiger charge is 2.28. The van der Waals surface area contributed by atoms with Crippen molar-refractivity contribution in [2.45, 2.75) is 26.3 Å². The molecule has 0 spiro atoms. The van der Waals surface area contributed by atoms with Crippen molar-refractivity contribution in [3.05, 3.63) is 48.2 Å². The van der Waals surface area contributed by atoms with Crippen molar-refractivity contribution in [2.24, 2.45) is 0 Å². The summed E-state index contributed by atoms with van der Waals surface area (Å²) in [6, 6.07) is 15.1. The van der Waals surface area contributed by atoms with Crippen LogP contribution < -0.4 is 5.32 Å². The van der Waals surface area contributed by atoms with Gasteiger partial charge in [0.2, 0.25) is 12.4 Å². The second kappa shape index (κ2) is 3.95. The summed E-state index contributed by atoms with van der Waals surface area (Å²) in [6.45, 7) is 8.16. The Morgan fingerprint density at radius 3 is 2.39 bits per heavy atom. The van der Waals surface area contributed by atoms with Gasteiger partial charge < -0.3 is 0 Å². The molecular weight excluding hydrogens is 236 g/mol. The second-order valence-corrected chi connectivity index (χ2v) is 10.9. The molecule has 92 valence electrons. The largest absolute Gasteiger partial charge is 0.288 e. The molecule has 0 saturated heterocycles. The van der Waals surface area contributed by atoms with Gasteiger partial charge in [-0.2, -0.15) is 4.58 Å². The summed E-state index contributed by atoms with van der Waals surface area (Å²) in [5.74, 6) is 0. The lowest BCUT2D eigenvalue weighted by Crippen LogP contribution is -2.43. The number of para-hydroxylation sites is 1. The van der Waals surface area contributed by atoms with Crippen LogP contribution in [0.25, 0.3) is 0 Å². The van der Waals surface area contributed by atoms with E-state index in [1.165, 1.54) is 16.7 Å². The molecule has 1 aromatic carbocycles. The maximum absolute atomic E-state index is 2.46. The van der Waals surface area contributed by atoms with E-state index in [0.717, 1.165) is 6.67 Å². The lowest BCUT2D eigenvalue weighted by molar-refractivity contribution is -0.463. The van der Waals surface area contributed by atoms with E-state index in [4.69, 9.17) is 0 Å². The summed E-state index contributed by atoms with van der Waals surface area (Å²) in [6.07, 6.45) is 2.25. The third-order valence-corrected chi connectivity index (χ3v) is 5.43. The summed E-state index contributed by atoms with van der Waals surface area (Å²) in [5, 5.41) is 1.53. The first-order valence-corrected chi connectivity index (χ1v) is 9.92. The number of rotatable bonds is 2. The van der Waals surface area contributed by atoms with E-state index in [0.29, 0.717) is 0 Å². The number of fused-ring (bicyclic) bond motifs is 1. The fraction of sp³-hybridized carbons (Fsp3) is 0.267. The number of hydrogen-bond acceptors (Lipinski definition) is 0. The van der Waals surface area contributed by atoms with Crippen molar-refractivity contribution in [3.8, 4) is 0 Å². The van der Waals surface area contributed by atoms with Gasteiger partial charge in [-0.3, -0.25) is 4.57 Å². The van der Waals surface area contributed by atoms with Crippen LogP contribution in [-0.2, 0) is 6.67 Å². The molecule has 3 heteroatoms. The summed E-state index contributed by atoms with van der Waals surface area (Å²) in [5.41, 5.74) is 2.60. The Balaban J connectivity index is 1.98. The van der Waals surface area contributed by atoms with E-state index >= 15 is 0 Å². The van der Waals surface area contributed by atoms with Gasteiger partial charge in [-0.1, -0.05) is 37.8 Å². The number of aromatic nitrogens is 1. The molecule has 0 amide bonds. The van der Waals surface area contributed by atoms with Gasteiger partial charge in [-0.15, -0.1) is 0 Å². The molecular formula is C15H19N2Si+. The van der Waals surface area contributed by atoms with E-state index in [9.17, 15) is 0 Å². The predicted molar refractivity (Wildman–Crippen MR) is 78.9 cm³/mol. The van der Waals surface area contributed by atoms with Crippen molar-refractivity contribution in [3.63, 3.8) is 0 Å². The van der Waals surface area contributed by atoms with Gasteiger partial charge in [0.15, 0.2) is 6.21 Å². The van der Waals surface area contributed by atoms with Crippen LogP contribution in [-0.4, -0.2) is 23.4 Å². The van der Waals surface area contributed by atoms with Gasteiger partial charge in [0.1, 0.15) is 5.69 Å². The Morgan fingerprint density at radius 2 is 1.72 bits per heavy atom. The molecule has 1 aromatic heterocycles. The molecule has 0 bridgehead atoms. The van der Waals surface area contributed by atoms with Gasteiger partial charge >= 0.3 is 0 Å². The molecule has 2 nitrogen and oxygen atoms in total. The third-order valence-electron chi connectivity index (χ3n) is 3.45. The van der Waals surface area contributed by atoms with E-state index in [2.05, 4.69) is 77.5 Å². The molecule has 2 heterocycles. The summed E-state index contributed by atoms with van der Waals surface area (Å²) in [4.78, 5) is 0. The van der Waals surface area contributed by atoms with E-state index < -0.39 is 8.07 Å². The predicted octanol–water partition coefficient (Wildman–Crippen LogP) is 2.77. The molecule has 0 radical (unpaired) electrons. The minimum atomic E-state index is -1.25. The molecule has 0 N–H and O–H groups in total. The van der Waals surface area contributed by atoms with Crippen molar-refractivity contribution in [1.82, 2.24) is 4.57 Å². The van der Waals surface area contributed by atoms with Crippen molar-refractivity contribution in [2.75, 3.05) is 0 Å². The quantitative estimate of drug-likeness (QED) is 0.576. The topological polar surface area (TPSA) is 7.94 Å². The van der Waals surface area contributed by atoms with Crippen LogP contribution >= 0.6 is 0 Å². The highest BCUT2D eigenvalue weighted by atomic mass is 28.3. The van der Waals surface area contributed by atoms with Gasteiger partial charge in [-0.25, -0.2) is 0 Å². The van der Waals surface area contributed by atoms with Crippen molar-refractivity contribution in [1.29, 1.82) is 0 Å². The maximum Gasteiger partial charge on any atom is 0.228 e. The molecule has 3 rings (SSSR count). The maximum atomic E-state index is 2.46. The average Bonchev–Trinajstić information content (AvgIpc) is 2.87. The van der Waals surface area contributed by atoms with Crippen LogP contribution in [0.15, 0.2) is 42.5 Å². The molecule has 2 aromatic rings. The van der Waals surface area contributed by atoms with E-state index in [-0.39, 0.29) is 0 Å². The van der Waals surface area contributed by atoms with Crippen molar-refractivity contribution < 1.29 is 4.58 Å². The Hall–Kier alpha value is -1.61. The smallest absolute Gasteiger partial charge is 0.228 e. The zero-order valence-electron chi connectivity index (χ0n) is 11.2. The SMILES string of the molecule is C[Si](C)(C)c1ccc2n1C[N+](c1ccccc1)=C2. The van der Waals surface area contributed by atoms with Crippen LogP contribution in [0, 0.1) is 0 Å². The molecule has 0 aliphatic carbocycles. The third kappa shape index (κ3) is 1.84. The molecule has 0 saturated carbocycles. The summed E-state index contributed by atoms with van der Waals surface area (Å²) < 4.78 is 4.78. The minimum Gasteiger partial charge on any atom is -0.288 e. The van der Waals surface area contributed by atoms with Gasteiger partial charge in [-0.05, 0) is 12.1 Å². The number of benzene rings is 1. The summed E-state index contributed by atoms with van der Waals surface area (Å²) in [7, 11) is -1.25. The van der Waals surface area contributed by atoms with E-state index in [1.807, 2.05) is 0 Å². The Bertz CT molecular complexity index is 603. The number of nitrogens with zero attached hydrogens (tertiary/aromatic N) is 2.